The lowest BCUT2D eigenvalue weighted by Gasteiger charge is -2.20. The van der Waals surface area contributed by atoms with Crippen molar-refractivity contribution in [3.8, 4) is 0 Å². The Hall–Kier alpha value is -1.40. The summed E-state index contributed by atoms with van der Waals surface area (Å²) < 4.78 is 23.2. The first-order valence-electron chi connectivity index (χ1n) is 7.33. The SMILES string of the molecule is NC(c1ccc2c(c1)CCCC(=O)N2)C1CCS(=O)(=O)C1. The average Bonchev–Trinajstić information content (AvgIpc) is 2.69. The fourth-order valence-electron chi connectivity index (χ4n) is 3.18. The number of rotatable bonds is 2. The molecule has 1 aromatic rings. The van der Waals surface area contributed by atoms with E-state index < -0.39 is 9.84 Å². The van der Waals surface area contributed by atoms with E-state index in [2.05, 4.69) is 5.32 Å². The first kappa shape index (κ1) is 14.5. The fourth-order valence-corrected chi connectivity index (χ4v) is 5.04. The van der Waals surface area contributed by atoms with Crippen molar-refractivity contribution in [1.82, 2.24) is 0 Å². The largest absolute Gasteiger partial charge is 0.326 e. The van der Waals surface area contributed by atoms with Crippen molar-refractivity contribution in [3.05, 3.63) is 29.3 Å². The number of carbonyl (C=O) groups excluding carboxylic acids is 1. The third kappa shape index (κ3) is 3.11. The van der Waals surface area contributed by atoms with Gasteiger partial charge in [-0.15, -0.1) is 0 Å². The van der Waals surface area contributed by atoms with Gasteiger partial charge in [0, 0.05) is 18.2 Å². The Balaban J connectivity index is 1.83. The molecule has 2 heterocycles. The third-order valence-corrected chi connectivity index (χ3v) is 6.21. The van der Waals surface area contributed by atoms with Crippen molar-refractivity contribution in [2.75, 3.05) is 16.8 Å². The standard InChI is InChI=1S/C15H20N2O3S/c16-15(12-6-7-21(19,20)9-12)11-4-5-13-10(8-11)2-1-3-14(18)17-13/h4-5,8,12,15H,1-3,6-7,9,16H2,(H,17,18). The highest BCUT2D eigenvalue weighted by atomic mass is 32.2. The van der Waals surface area contributed by atoms with Gasteiger partial charge in [0.2, 0.25) is 5.91 Å². The molecule has 1 amide bonds. The van der Waals surface area contributed by atoms with Crippen LogP contribution < -0.4 is 11.1 Å². The summed E-state index contributed by atoms with van der Waals surface area (Å²) in [5.41, 5.74) is 9.18. The number of benzene rings is 1. The van der Waals surface area contributed by atoms with Gasteiger partial charge in [0.25, 0.3) is 0 Å². The lowest BCUT2D eigenvalue weighted by Crippen LogP contribution is -2.22. The molecule has 1 fully saturated rings. The zero-order valence-electron chi connectivity index (χ0n) is 11.8. The van der Waals surface area contributed by atoms with Gasteiger partial charge in [-0.25, -0.2) is 8.42 Å². The van der Waals surface area contributed by atoms with Crippen molar-refractivity contribution < 1.29 is 13.2 Å². The molecule has 0 spiro atoms. The average molecular weight is 308 g/mol. The van der Waals surface area contributed by atoms with E-state index >= 15 is 0 Å². The van der Waals surface area contributed by atoms with Gasteiger partial charge >= 0.3 is 0 Å². The van der Waals surface area contributed by atoms with Crippen LogP contribution in [0.4, 0.5) is 5.69 Å². The second kappa shape index (κ2) is 5.42. The van der Waals surface area contributed by atoms with Gasteiger partial charge in [0.05, 0.1) is 11.5 Å². The minimum atomic E-state index is -2.92. The van der Waals surface area contributed by atoms with Crippen molar-refractivity contribution in [2.24, 2.45) is 11.7 Å². The molecule has 1 saturated heterocycles. The number of amides is 1. The van der Waals surface area contributed by atoms with E-state index in [1.54, 1.807) is 0 Å². The van der Waals surface area contributed by atoms with E-state index in [0.717, 1.165) is 29.7 Å². The molecular weight excluding hydrogens is 288 g/mol. The van der Waals surface area contributed by atoms with Gasteiger partial charge in [0.1, 0.15) is 0 Å². The molecule has 0 radical (unpaired) electrons. The summed E-state index contributed by atoms with van der Waals surface area (Å²) >= 11 is 0. The van der Waals surface area contributed by atoms with Crippen LogP contribution in [0.3, 0.4) is 0 Å². The molecule has 2 unspecified atom stereocenters. The topological polar surface area (TPSA) is 89.3 Å². The highest BCUT2D eigenvalue weighted by molar-refractivity contribution is 7.91. The number of anilines is 1. The van der Waals surface area contributed by atoms with Gasteiger partial charge in [0.15, 0.2) is 9.84 Å². The van der Waals surface area contributed by atoms with Crippen LogP contribution in [-0.2, 0) is 21.1 Å². The summed E-state index contributed by atoms with van der Waals surface area (Å²) in [5.74, 6) is 0.468. The Kier molecular flexibility index (Phi) is 3.75. The minimum Gasteiger partial charge on any atom is -0.326 e. The summed E-state index contributed by atoms with van der Waals surface area (Å²) in [7, 11) is -2.92. The maximum Gasteiger partial charge on any atom is 0.224 e. The normalized spacial score (nSPS) is 25.8. The van der Waals surface area contributed by atoms with Crippen LogP contribution in [0.2, 0.25) is 0 Å². The van der Waals surface area contributed by atoms with E-state index in [-0.39, 0.29) is 29.4 Å². The van der Waals surface area contributed by atoms with Crippen LogP contribution >= 0.6 is 0 Å². The monoisotopic (exact) mass is 308 g/mol. The Labute approximate surface area is 124 Å². The molecule has 2 atom stereocenters. The maximum absolute atomic E-state index is 11.6. The van der Waals surface area contributed by atoms with Crippen LogP contribution in [0.25, 0.3) is 0 Å². The summed E-state index contributed by atoms with van der Waals surface area (Å²) in [6.45, 7) is 0. The Morgan fingerprint density at radius 3 is 2.81 bits per heavy atom. The number of nitrogens with one attached hydrogen (secondary N) is 1. The molecule has 0 aliphatic carbocycles. The van der Waals surface area contributed by atoms with Crippen LogP contribution in [-0.4, -0.2) is 25.8 Å². The van der Waals surface area contributed by atoms with E-state index in [4.69, 9.17) is 5.73 Å². The number of fused-ring (bicyclic) bond motifs is 1. The van der Waals surface area contributed by atoms with Gasteiger partial charge in [-0.1, -0.05) is 12.1 Å². The molecule has 1 aromatic carbocycles. The molecule has 3 rings (SSSR count). The number of carbonyl (C=O) groups is 1. The van der Waals surface area contributed by atoms with Crippen molar-refractivity contribution in [3.63, 3.8) is 0 Å². The quantitative estimate of drug-likeness (QED) is 0.864. The lowest BCUT2D eigenvalue weighted by molar-refractivity contribution is -0.116. The van der Waals surface area contributed by atoms with Gasteiger partial charge in [-0.05, 0) is 42.4 Å². The molecule has 21 heavy (non-hydrogen) atoms. The highest BCUT2D eigenvalue weighted by Gasteiger charge is 2.32. The molecule has 2 aliphatic rings. The number of hydrogen-bond donors (Lipinski definition) is 2. The first-order chi connectivity index (χ1) is 9.94. The molecule has 6 heteroatoms. The van der Waals surface area contributed by atoms with Crippen LogP contribution in [0.1, 0.15) is 36.4 Å². The minimum absolute atomic E-state index is 0.00609. The van der Waals surface area contributed by atoms with E-state index in [9.17, 15) is 13.2 Å². The summed E-state index contributed by atoms with van der Waals surface area (Å²) in [6, 6.07) is 5.56. The van der Waals surface area contributed by atoms with Crippen molar-refractivity contribution >= 4 is 21.4 Å². The molecule has 0 aromatic heterocycles. The van der Waals surface area contributed by atoms with Crippen LogP contribution in [0.5, 0.6) is 0 Å². The molecule has 114 valence electrons. The van der Waals surface area contributed by atoms with Gasteiger partial charge in [-0.2, -0.15) is 0 Å². The Morgan fingerprint density at radius 1 is 1.29 bits per heavy atom. The predicted octanol–water partition coefficient (Wildman–Crippen LogP) is 1.40. The van der Waals surface area contributed by atoms with Gasteiger partial charge < -0.3 is 11.1 Å². The molecule has 3 N–H and O–H groups in total. The lowest BCUT2D eigenvalue weighted by atomic mass is 9.91. The van der Waals surface area contributed by atoms with Crippen molar-refractivity contribution in [2.45, 2.75) is 31.7 Å². The molecule has 0 bridgehead atoms. The van der Waals surface area contributed by atoms with E-state index in [1.165, 1.54) is 0 Å². The zero-order chi connectivity index (χ0) is 15.0. The number of nitrogens with two attached hydrogens (primary N) is 1. The van der Waals surface area contributed by atoms with Crippen LogP contribution in [0.15, 0.2) is 18.2 Å². The fraction of sp³-hybridized carbons (Fsp3) is 0.533. The summed E-state index contributed by atoms with van der Waals surface area (Å²) in [5, 5.41) is 2.90. The molecule has 5 nitrogen and oxygen atoms in total. The number of hydrogen-bond acceptors (Lipinski definition) is 4. The van der Waals surface area contributed by atoms with Crippen LogP contribution in [0, 0.1) is 5.92 Å². The molecular formula is C15H20N2O3S. The van der Waals surface area contributed by atoms with Crippen molar-refractivity contribution in [1.29, 1.82) is 0 Å². The summed E-state index contributed by atoms with van der Waals surface area (Å²) in [6.07, 6.45) is 2.85. The number of aryl methyl sites for hydroxylation is 1. The Bertz CT molecular complexity index is 669. The highest BCUT2D eigenvalue weighted by Crippen LogP contribution is 2.32. The predicted molar refractivity (Wildman–Crippen MR) is 81.7 cm³/mol. The zero-order valence-corrected chi connectivity index (χ0v) is 12.7. The first-order valence-corrected chi connectivity index (χ1v) is 9.15. The maximum atomic E-state index is 11.6. The third-order valence-electron chi connectivity index (χ3n) is 4.41. The second-order valence-corrected chi connectivity index (χ2v) is 8.24. The number of sulfone groups is 1. The Morgan fingerprint density at radius 2 is 2.10 bits per heavy atom. The molecule has 0 saturated carbocycles. The van der Waals surface area contributed by atoms with Gasteiger partial charge in [-0.3, -0.25) is 4.79 Å². The smallest absolute Gasteiger partial charge is 0.224 e. The summed E-state index contributed by atoms with van der Waals surface area (Å²) in [4.78, 5) is 11.5. The van der Waals surface area contributed by atoms with E-state index in [1.807, 2.05) is 18.2 Å². The van der Waals surface area contributed by atoms with E-state index in [0.29, 0.717) is 12.8 Å². The molecule has 2 aliphatic heterocycles. The second-order valence-electron chi connectivity index (χ2n) is 6.01.